The second-order valence-corrected chi connectivity index (χ2v) is 5.60. The van der Waals surface area contributed by atoms with Crippen LogP contribution in [-0.4, -0.2) is 41.1 Å². The molecule has 2 unspecified atom stereocenters. The molecule has 3 N–H and O–H groups in total. The number of amides is 1. The third-order valence-corrected chi connectivity index (χ3v) is 3.58. The fourth-order valence-corrected chi connectivity index (χ4v) is 2.58. The molecule has 0 aliphatic heterocycles. The minimum atomic E-state index is -0.436. The maximum absolute atomic E-state index is 12.1. The van der Waals surface area contributed by atoms with Gasteiger partial charge in [0, 0.05) is 7.05 Å². The predicted molar refractivity (Wildman–Crippen MR) is 68.5 cm³/mol. The third-order valence-electron chi connectivity index (χ3n) is 3.58. The standard InChI is InChI=1S/C13H26N2O2/c1-9(2)8-10(14)13(17)15(3)11-6-4-5-7-12(11)16/h9-12,16H,4-8,14H2,1-3H3/t10-,11?,12?/m1/s1. The lowest BCUT2D eigenvalue weighted by molar-refractivity contribution is -0.137. The quantitative estimate of drug-likeness (QED) is 0.776. The van der Waals surface area contributed by atoms with Gasteiger partial charge < -0.3 is 15.7 Å². The van der Waals surface area contributed by atoms with Crippen LogP contribution in [-0.2, 0) is 4.79 Å². The van der Waals surface area contributed by atoms with Crippen LogP contribution in [0, 0.1) is 5.92 Å². The van der Waals surface area contributed by atoms with Crippen molar-refractivity contribution in [1.82, 2.24) is 4.90 Å². The summed E-state index contributed by atoms with van der Waals surface area (Å²) in [5.74, 6) is 0.378. The molecule has 0 radical (unpaired) electrons. The van der Waals surface area contributed by atoms with E-state index in [0.717, 1.165) is 25.7 Å². The zero-order chi connectivity index (χ0) is 13.0. The highest BCUT2D eigenvalue weighted by molar-refractivity contribution is 5.81. The average Bonchev–Trinajstić information content (AvgIpc) is 2.27. The highest BCUT2D eigenvalue weighted by Crippen LogP contribution is 2.23. The molecule has 100 valence electrons. The maximum atomic E-state index is 12.1. The molecule has 0 aromatic carbocycles. The largest absolute Gasteiger partial charge is 0.391 e. The fraction of sp³-hybridized carbons (Fsp3) is 0.923. The molecule has 1 rings (SSSR count). The third kappa shape index (κ3) is 3.96. The van der Waals surface area contributed by atoms with Gasteiger partial charge in [-0.1, -0.05) is 26.7 Å². The molecule has 0 aromatic heterocycles. The summed E-state index contributed by atoms with van der Waals surface area (Å²) in [4.78, 5) is 13.8. The summed E-state index contributed by atoms with van der Waals surface area (Å²) in [7, 11) is 1.77. The molecule has 1 amide bonds. The molecule has 4 nitrogen and oxygen atoms in total. The Morgan fingerprint density at radius 1 is 1.41 bits per heavy atom. The van der Waals surface area contributed by atoms with Crippen molar-refractivity contribution in [2.24, 2.45) is 11.7 Å². The van der Waals surface area contributed by atoms with Gasteiger partial charge in [-0.2, -0.15) is 0 Å². The fourth-order valence-electron chi connectivity index (χ4n) is 2.58. The van der Waals surface area contributed by atoms with Gasteiger partial charge in [0.1, 0.15) is 0 Å². The molecule has 0 aromatic rings. The van der Waals surface area contributed by atoms with Crippen molar-refractivity contribution in [1.29, 1.82) is 0 Å². The molecular weight excluding hydrogens is 216 g/mol. The second-order valence-electron chi connectivity index (χ2n) is 5.60. The number of hydrogen-bond acceptors (Lipinski definition) is 3. The van der Waals surface area contributed by atoms with E-state index in [1.165, 1.54) is 0 Å². The highest BCUT2D eigenvalue weighted by atomic mass is 16.3. The lowest BCUT2D eigenvalue weighted by Gasteiger charge is -2.36. The minimum absolute atomic E-state index is 0.0374. The van der Waals surface area contributed by atoms with E-state index in [2.05, 4.69) is 13.8 Å². The zero-order valence-corrected chi connectivity index (χ0v) is 11.2. The van der Waals surface area contributed by atoms with Crippen molar-refractivity contribution in [3.63, 3.8) is 0 Å². The van der Waals surface area contributed by atoms with Crippen molar-refractivity contribution in [2.75, 3.05) is 7.05 Å². The van der Waals surface area contributed by atoms with Crippen LogP contribution in [0.15, 0.2) is 0 Å². The van der Waals surface area contributed by atoms with Gasteiger partial charge in [0.2, 0.25) is 5.91 Å². The molecule has 1 aliphatic carbocycles. The molecule has 1 saturated carbocycles. The maximum Gasteiger partial charge on any atom is 0.239 e. The molecule has 0 bridgehead atoms. The predicted octanol–water partition coefficient (Wildman–Crippen LogP) is 1.12. The molecular formula is C13H26N2O2. The molecule has 1 aliphatic rings. The molecule has 0 heterocycles. The Morgan fingerprint density at radius 3 is 2.53 bits per heavy atom. The van der Waals surface area contributed by atoms with Crippen LogP contribution in [0.2, 0.25) is 0 Å². The van der Waals surface area contributed by atoms with E-state index in [1.54, 1.807) is 11.9 Å². The number of nitrogens with two attached hydrogens (primary N) is 1. The molecule has 17 heavy (non-hydrogen) atoms. The molecule has 1 fully saturated rings. The summed E-state index contributed by atoms with van der Waals surface area (Å²) in [5, 5.41) is 9.92. The average molecular weight is 242 g/mol. The van der Waals surface area contributed by atoms with Crippen molar-refractivity contribution < 1.29 is 9.90 Å². The van der Waals surface area contributed by atoms with Gasteiger partial charge >= 0.3 is 0 Å². The first-order chi connectivity index (χ1) is 7.93. The van der Waals surface area contributed by atoms with E-state index in [-0.39, 0.29) is 18.1 Å². The van der Waals surface area contributed by atoms with Crippen LogP contribution >= 0.6 is 0 Å². The van der Waals surface area contributed by atoms with Crippen LogP contribution in [0.4, 0.5) is 0 Å². The van der Waals surface area contributed by atoms with Crippen LogP contribution < -0.4 is 5.73 Å². The van der Waals surface area contributed by atoms with E-state index in [1.807, 2.05) is 0 Å². The summed E-state index contributed by atoms with van der Waals surface area (Å²) >= 11 is 0. The Morgan fingerprint density at radius 2 is 2.00 bits per heavy atom. The van der Waals surface area contributed by atoms with Crippen LogP contribution in [0.5, 0.6) is 0 Å². The summed E-state index contributed by atoms with van der Waals surface area (Å²) in [5.41, 5.74) is 5.90. The first-order valence-corrected chi connectivity index (χ1v) is 6.63. The van der Waals surface area contributed by atoms with Gasteiger partial charge in [0.05, 0.1) is 18.2 Å². The lowest BCUT2D eigenvalue weighted by Crippen LogP contribution is -2.51. The smallest absolute Gasteiger partial charge is 0.239 e. The number of rotatable bonds is 4. The first kappa shape index (κ1) is 14.5. The topological polar surface area (TPSA) is 66.6 Å². The van der Waals surface area contributed by atoms with Gasteiger partial charge in [0.15, 0.2) is 0 Å². The number of carbonyl (C=O) groups excluding carboxylic acids is 1. The number of carbonyl (C=O) groups is 1. The van der Waals surface area contributed by atoms with Crippen molar-refractivity contribution in [3.05, 3.63) is 0 Å². The van der Waals surface area contributed by atoms with Crippen molar-refractivity contribution in [3.8, 4) is 0 Å². The van der Waals surface area contributed by atoms with Gasteiger partial charge in [-0.05, 0) is 25.2 Å². The molecule has 4 heteroatoms. The second kappa shape index (κ2) is 6.36. The van der Waals surface area contributed by atoms with Gasteiger partial charge in [-0.3, -0.25) is 4.79 Å². The Balaban J connectivity index is 2.55. The summed E-state index contributed by atoms with van der Waals surface area (Å²) in [6, 6.07) is -0.483. The Labute approximate surface area is 104 Å². The minimum Gasteiger partial charge on any atom is -0.391 e. The first-order valence-electron chi connectivity index (χ1n) is 6.63. The Hall–Kier alpha value is -0.610. The highest BCUT2D eigenvalue weighted by Gasteiger charge is 2.31. The number of aliphatic hydroxyl groups excluding tert-OH is 1. The van der Waals surface area contributed by atoms with Gasteiger partial charge in [0.25, 0.3) is 0 Å². The summed E-state index contributed by atoms with van der Waals surface area (Å²) < 4.78 is 0. The van der Waals surface area contributed by atoms with E-state index in [9.17, 15) is 9.90 Å². The van der Waals surface area contributed by atoms with Gasteiger partial charge in [-0.25, -0.2) is 0 Å². The number of nitrogens with zero attached hydrogens (tertiary/aromatic N) is 1. The van der Waals surface area contributed by atoms with E-state index >= 15 is 0 Å². The Kier molecular flexibility index (Phi) is 5.40. The van der Waals surface area contributed by atoms with Crippen LogP contribution in [0.1, 0.15) is 46.0 Å². The van der Waals surface area contributed by atoms with E-state index in [0.29, 0.717) is 12.3 Å². The summed E-state index contributed by atoms with van der Waals surface area (Å²) in [6.45, 7) is 4.12. The number of hydrogen-bond donors (Lipinski definition) is 2. The van der Waals surface area contributed by atoms with E-state index in [4.69, 9.17) is 5.73 Å². The monoisotopic (exact) mass is 242 g/mol. The zero-order valence-electron chi connectivity index (χ0n) is 11.2. The van der Waals surface area contributed by atoms with Crippen LogP contribution in [0.3, 0.4) is 0 Å². The molecule has 3 atom stereocenters. The lowest BCUT2D eigenvalue weighted by atomic mass is 9.91. The molecule has 0 saturated heterocycles. The molecule has 0 spiro atoms. The van der Waals surface area contributed by atoms with Crippen molar-refractivity contribution in [2.45, 2.75) is 64.1 Å². The van der Waals surface area contributed by atoms with Crippen molar-refractivity contribution >= 4 is 5.91 Å². The van der Waals surface area contributed by atoms with Gasteiger partial charge in [-0.15, -0.1) is 0 Å². The number of likely N-dealkylation sites (N-methyl/N-ethyl adjacent to an activating group) is 1. The number of aliphatic hydroxyl groups is 1. The Bertz CT molecular complexity index is 256. The van der Waals surface area contributed by atoms with Crippen LogP contribution in [0.25, 0.3) is 0 Å². The van der Waals surface area contributed by atoms with E-state index < -0.39 is 6.04 Å². The summed E-state index contributed by atoms with van der Waals surface area (Å²) in [6.07, 6.45) is 4.13. The normalized spacial score (nSPS) is 26.9. The SMILES string of the molecule is CC(C)C[C@@H](N)C(=O)N(C)C1CCCCC1O.